The van der Waals surface area contributed by atoms with E-state index in [1.54, 1.807) is 13.2 Å². The first-order valence-electron chi connectivity index (χ1n) is 9.81. The molecule has 0 aliphatic carbocycles. The summed E-state index contributed by atoms with van der Waals surface area (Å²) in [6.07, 6.45) is 3.33. The van der Waals surface area contributed by atoms with Crippen molar-refractivity contribution in [2.75, 3.05) is 43.6 Å². The molecule has 1 aliphatic rings. The highest BCUT2D eigenvalue weighted by Gasteiger charge is 2.12. The van der Waals surface area contributed by atoms with Gasteiger partial charge in [0.2, 0.25) is 5.91 Å². The van der Waals surface area contributed by atoms with E-state index in [-0.39, 0.29) is 12.0 Å². The van der Waals surface area contributed by atoms with E-state index in [2.05, 4.69) is 10.2 Å². The van der Waals surface area contributed by atoms with Crippen LogP contribution in [0.15, 0.2) is 48.5 Å². The third-order valence-electron chi connectivity index (χ3n) is 4.47. The molecule has 0 saturated carbocycles. The predicted molar refractivity (Wildman–Crippen MR) is 116 cm³/mol. The summed E-state index contributed by atoms with van der Waals surface area (Å²) in [7, 11) is 1.60. The summed E-state index contributed by atoms with van der Waals surface area (Å²) in [4.78, 5) is 14.6. The van der Waals surface area contributed by atoms with Crippen LogP contribution in [0.1, 0.15) is 19.4 Å². The van der Waals surface area contributed by atoms with Crippen LogP contribution in [-0.2, 0) is 9.53 Å². The minimum absolute atomic E-state index is 0.0595. The standard InChI is InChI=1S/C23H28N2O4/c1-17(2)29-21-9-7-18(15-22(21)27-3)8-10-23(26)24-19-5-4-6-20(16-19)25-11-13-28-14-12-25/h4-10,15-17H,11-14H2,1-3H3,(H,24,26). The van der Waals surface area contributed by atoms with Crippen LogP contribution in [0.25, 0.3) is 6.08 Å². The smallest absolute Gasteiger partial charge is 0.248 e. The van der Waals surface area contributed by atoms with Gasteiger partial charge in [0, 0.05) is 30.5 Å². The van der Waals surface area contributed by atoms with Gasteiger partial charge in [-0.05, 0) is 55.8 Å². The molecular weight excluding hydrogens is 368 g/mol. The van der Waals surface area contributed by atoms with Crippen molar-refractivity contribution in [3.63, 3.8) is 0 Å². The van der Waals surface area contributed by atoms with Crippen LogP contribution >= 0.6 is 0 Å². The molecule has 2 aromatic carbocycles. The number of amides is 1. The van der Waals surface area contributed by atoms with Gasteiger partial charge in [0.05, 0.1) is 26.4 Å². The number of methoxy groups -OCH3 is 1. The van der Waals surface area contributed by atoms with Gasteiger partial charge in [-0.1, -0.05) is 12.1 Å². The summed E-state index contributed by atoms with van der Waals surface area (Å²) in [5, 5.41) is 2.92. The molecule has 0 bridgehead atoms. The summed E-state index contributed by atoms with van der Waals surface area (Å²) >= 11 is 0. The van der Waals surface area contributed by atoms with Gasteiger partial charge in [0.25, 0.3) is 0 Å². The maximum atomic E-state index is 12.4. The minimum Gasteiger partial charge on any atom is -0.493 e. The van der Waals surface area contributed by atoms with Crippen molar-refractivity contribution in [1.29, 1.82) is 0 Å². The van der Waals surface area contributed by atoms with Crippen LogP contribution in [0.2, 0.25) is 0 Å². The highest BCUT2D eigenvalue weighted by atomic mass is 16.5. The quantitative estimate of drug-likeness (QED) is 0.718. The fourth-order valence-electron chi connectivity index (χ4n) is 3.10. The Morgan fingerprint density at radius 3 is 2.66 bits per heavy atom. The molecule has 1 aliphatic heterocycles. The molecule has 0 radical (unpaired) electrons. The third kappa shape index (κ3) is 5.99. The summed E-state index contributed by atoms with van der Waals surface area (Å²) < 4.78 is 16.5. The Hall–Kier alpha value is -2.99. The maximum Gasteiger partial charge on any atom is 0.248 e. The second-order valence-electron chi connectivity index (χ2n) is 7.05. The molecule has 1 amide bonds. The molecule has 0 atom stereocenters. The number of nitrogens with zero attached hydrogens (tertiary/aromatic N) is 1. The zero-order valence-corrected chi connectivity index (χ0v) is 17.2. The molecular formula is C23H28N2O4. The highest BCUT2D eigenvalue weighted by Crippen LogP contribution is 2.29. The van der Waals surface area contributed by atoms with E-state index in [9.17, 15) is 4.79 Å². The molecule has 1 saturated heterocycles. The van der Waals surface area contributed by atoms with Crippen LogP contribution in [0.4, 0.5) is 11.4 Å². The number of hydrogen-bond donors (Lipinski definition) is 1. The number of carbonyl (C=O) groups excluding carboxylic acids is 1. The van der Waals surface area contributed by atoms with Crippen molar-refractivity contribution in [3.05, 3.63) is 54.1 Å². The number of morpholine rings is 1. The van der Waals surface area contributed by atoms with E-state index < -0.39 is 0 Å². The lowest BCUT2D eigenvalue weighted by Crippen LogP contribution is -2.36. The molecule has 1 heterocycles. The van der Waals surface area contributed by atoms with Crippen molar-refractivity contribution in [3.8, 4) is 11.5 Å². The summed E-state index contributed by atoms with van der Waals surface area (Å²) in [6, 6.07) is 13.5. The van der Waals surface area contributed by atoms with Gasteiger partial charge in [0.15, 0.2) is 11.5 Å². The largest absolute Gasteiger partial charge is 0.493 e. The lowest BCUT2D eigenvalue weighted by molar-refractivity contribution is -0.111. The van der Waals surface area contributed by atoms with Gasteiger partial charge < -0.3 is 24.4 Å². The van der Waals surface area contributed by atoms with Gasteiger partial charge in [-0.25, -0.2) is 0 Å². The van der Waals surface area contributed by atoms with Gasteiger partial charge in [-0.15, -0.1) is 0 Å². The number of rotatable bonds is 7. The lowest BCUT2D eigenvalue weighted by atomic mass is 10.2. The minimum atomic E-state index is -0.189. The van der Waals surface area contributed by atoms with Gasteiger partial charge in [-0.2, -0.15) is 0 Å². The number of hydrogen-bond acceptors (Lipinski definition) is 5. The Labute approximate surface area is 172 Å². The molecule has 0 spiro atoms. The second kappa shape index (κ2) is 9.98. The van der Waals surface area contributed by atoms with E-state index in [4.69, 9.17) is 14.2 Å². The SMILES string of the molecule is COc1cc(C=CC(=O)Nc2cccc(N3CCOCC3)c2)ccc1OC(C)C. The molecule has 6 nitrogen and oxygen atoms in total. The number of ether oxygens (including phenoxy) is 3. The number of nitrogens with one attached hydrogen (secondary N) is 1. The van der Waals surface area contributed by atoms with Crippen LogP contribution in [0, 0.1) is 0 Å². The Bertz CT molecular complexity index is 858. The van der Waals surface area contributed by atoms with Gasteiger partial charge in [-0.3, -0.25) is 4.79 Å². The van der Waals surface area contributed by atoms with Gasteiger partial charge in [0.1, 0.15) is 0 Å². The Balaban J connectivity index is 1.64. The molecule has 154 valence electrons. The van der Waals surface area contributed by atoms with E-state index in [0.29, 0.717) is 11.5 Å². The number of carbonyl (C=O) groups is 1. The van der Waals surface area contributed by atoms with Crippen LogP contribution < -0.4 is 19.7 Å². The van der Waals surface area contributed by atoms with E-state index >= 15 is 0 Å². The second-order valence-corrected chi connectivity index (χ2v) is 7.05. The van der Waals surface area contributed by atoms with Gasteiger partial charge >= 0.3 is 0 Å². The van der Waals surface area contributed by atoms with Crippen molar-refractivity contribution in [1.82, 2.24) is 0 Å². The molecule has 29 heavy (non-hydrogen) atoms. The summed E-state index contributed by atoms with van der Waals surface area (Å²) in [6.45, 7) is 7.09. The fourth-order valence-corrected chi connectivity index (χ4v) is 3.10. The van der Waals surface area contributed by atoms with Crippen LogP contribution in [0.3, 0.4) is 0 Å². The fraction of sp³-hybridized carbons (Fsp3) is 0.348. The van der Waals surface area contributed by atoms with Crippen LogP contribution in [0.5, 0.6) is 11.5 Å². The Morgan fingerprint density at radius 1 is 1.14 bits per heavy atom. The topological polar surface area (TPSA) is 60.0 Å². The first-order chi connectivity index (χ1) is 14.0. The summed E-state index contributed by atoms with van der Waals surface area (Å²) in [5.41, 5.74) is 2.71. The molecule has 0 aromatic heterocycles. The number of benzene rings is 2. The lowest BCUT2D eigenvalue weighted by Gasteiger charge is -2.29. The van der Waals surface area contributed by atoms with Crippen molar-refractivity contribution in [2.24, 2.45) is 0 Å². The molecule has 0 unspecified atom stereocenters. The zero-order valence-electron chi connectivity index (χ0n) is 17.2. The third-order valence-corrected chi connectivity index (χ3v) is 4.47. The first-order valence-corrected chi connectivity index (χ1v) is 9.81. The Kier molecular flexibility index (Phi) is 7.14. The van der Waals surface area contributed by atoms with E-state index in [0.717, 1.165) is 43.2 Å². The predicted octanol–water partition coefficient (Wildman–Crippen LogP) is 3.97. The van der Waals surface area contributed by atoms with Crippen LogP contribution in [-0.4, -0.2) is 45.4 Å². The normalized spacial score (nSPS) is 14.3. The maximum absolute atomic E-state index is 12.4. The molecule has 2 aromatic rings. The first kappa shape index (κ1) is 20.7. The van der Waals surface area contributed by atoms with Crippen molar-refractivity contribution >= 4 is 23.4 Å². The Morgan fingerprint density at radius 2 is 1.93 bits per heavy atom. The average Bonchev–Trinajstić information content (AvgIpc) is 2.73. The molecule has 1 N–H and O–H groups in total. The molecule has 6 heteroatoms. The summed E-state index contributed by atoms with van der Waals surface area (Å²) in [5.74, 6) is 1.13. The molecule has 3 rings (SSSR count). The number of anilines is 2. The monoisotopic (exact) mass is 396 g/mol. The molecule has 1 fully saturated rings. The zero-order chi connectivity index (χ0) is 20.6. The highest BCUT2D eigenvalue weighted by molar-refractivity contribution is 6.02. The van der Waals surface area contributed by atoms with Crippen molar-refractivity contribution in [2.45, 2.75) is 20.0 Å². The average molecular weight is 396 g/mol. The van der Waals surface area contributed by atoms with E-state index in [1.165, 1.54) is 6.08 Å². The van der Waals surface area contributed by atoms with Crippen molar-refractivity contribution < 1.29 is 19.0 Å². The van der Waals surface area contributed by atoms with E-state index in [1.807, 2.05) is 56.3 Å².